The number of aromatic nitrogens is 3. The molecule has 1 fully saturated rings. The summed E-state index contributed by atoms with van der Waals surface area (Å²) in [5, 5.41) is 13.8. The number of benzene rings is 1. The van der Waals surface area contributed by atoms with Crippen molar-refractivity contribution in [1.82, 2.24) is 14.3 Å². The van der Waals surface area contributed by atoms with Gasteiger partial charge >= 0.3 is 5.97 Å². The van der Waals surface area contributed by atoms with Crippen LogP contribution in [-0.2, 0) is 17.8 Å². The Morgan fingerprint density at radius 2 is 2.03 bits per heavy atom. The van der Waals surface area contributed by atoms with Gasteiger partial charge in [0.1, 0.15) is 11.4 Å². The molecule has 0 saturated carbocycles. The molecular formula is C21H20FN3O4. The van der Waals surface area contributed by atoms with Gasteiger partial charge < -0.3 is 14.4 Å². The van der Waals surface area contributed by atoms with E-state index in [1.807, 2.05) is 6.92 Å². The van der Waals surface area contributed by atoms with Gasteiger partial charge in [0.15, 0.2) is 0 Å². The first-order chi connectivity index (χ1) is 13.9. The molecule has 0 atom stereocenters. The minimum absolute atomic E-state index is 0.0193. The van der Waals surface area contributed by atoms with Crippen molar-refractivity contribution in [2.24, 2.45) is 0 Å². The zero-order valence-corrected chi connectivity index (χ0v) is 15.8. The summed E-state index contributed by atoms with van der Waals surface area (Å²) in [4.78, 5) is 23.4. The highest BCUT2D eigenvalue weighted by Gasteiger charge is 2.29. The van der Waals surface area contributed by atoms with E-state index in [1.54, 1.807) is 24.4 Å². The fraction of sp³-hybridized carbons (Fsp3) is 0.286. The van der Waals surface area contributed by atoms with E-state index < -0.39 is 11.8 Å². The molecule has 0 spiro atoms. The molecule has 1 aliphatic heterocycles. The van der Waals surface area contributed by atoms with Gasteiger partial charge in [-0.15, -0.1) is 0 Å². The Balaban J connectivity index is 1.55. The summed E-state index contributed by atoms with van der Waals surface area (Å²) < 4.78 is 22.7. The van der Waals surface area contributed by atoms with Crippen LogP contribution in [0.4, 0.5) is 4.39 Å². The number of aromatic carboxylic acids is 1. The van der Waals surface area contributed by atoms with Gasteiger partial charge in [-0.05, 0) is 24.1 Å². The third kappa shape index (κ3) is 3.97. The second-order valence-electron chi connectivity index (χ2n) is 7.26. The van der Waals surface area contributed by atoms with Crippen LogP contribution in [0.2, 0.25) is 0 Å². The van der Waals surface area contributed by atoms with E-state index in [0.717, 1.165) is 5.56 Å². The number of carboxylic acids is 1. The first-order valence-electron chi connectivity index (χ1n) is 9.23. The summed E-state index contributed by atoms with van der Waals surface area (Å²) in [6.45, 7) is 3.17. The largest absolute Gasteiger partial charge is 0.478 e. The average molecular weight is 397 g/mol. The summed E-state index contributed by atoms with van der Waals surface area (Å²) >= 11 is 0. The molecular weight excluding hydrogens is 377 g/mol. The molecule has 29 heavy (non-hydrogen) atoms. The number of aryl methyl sites for hydroxylation is 1. The lowest BCUT2D eigenvalue weighted by Crippen LogP contribution is -2.27. The molecule has 2 aromatic heterocycles. The number of nitrogens with zero attached hydrogens (tertiary/aromatic N) is 3. The van der Waals surface area contributed by atoms with Crippen LogP contribution in [0.3, 0.4) is 0 Å². The Morgan fingerprint density at radius 1 is 1.24 bits per heavy atom. The van der Waals surface area contributed by atoms with Gasteiger partial charge in [-0.2, -0.15) is 5.10 Å². The topological polar surface area (TPSA) is 86.4 Å². The van der Waals surface area contributed by atoms with Gasteiger partial charge in [0.25, 0.3) is 5.56 Å². The summed E-state index contributed by atoms with van der Waals surface area (Å²) in [6, 6.07) is 7.97. The van der Waals surface area contributed by atoms with Crippen LogP contribution in [-0.4, -0.2) is 38.6 Å². The first-order valence-corrected chi connectivity index (χ1v) is 9.23. The standard InChI is InChI=1S/C21H20FN3O4/c1-13-2-5-19(26)24(7-13)9-15-4-3-14(6-18(15)22)8-25-10-17(21(27)28)20(23-25)16-11-29-12-16/h2-7,10,16H,8-9,11-12H2,1H3,(H,27,28). The van der Waals surface area contributed by atoms with E-state index in [-0.39, 0.29) is 30.1 Å². The fourth-order valence-electron chi connectivity index (χ4n) is 3.34. The Bertz CT molecular complexity index is 1130. The molecule has 1 N–H and O–H groups in total. The lowest BCUT2D eigenvalue weighted by Gasteiger charge is -2.24. The molecule has 0 amide bonds. The van der Waals surface area contributed by atoms with Crippen LogP contribution >= 0.6 is 0 Å². The van der Waals surface area contributed by atoms with Crippen molar-refractivity contribution in [3.8, 4) is 0 Å². The van der Waals surface area contributed by atoms with Gasteiger partial charge in [-0.1, -0.05) is 18.2 Å². The Kier molecular flexibility index (Phi) is 5.02. The molecule has 3 aromatic rings. The van der Waals surface area contributed by atoms with Crippen LogP contribution in [0, 0.1) is 12.7 Å². The van der Waals surface area contributed by atoms with E-state index in [2.05, 4.69) is 5.10 Å². The average Bonchev–Trinajstić information content (AvgIpc) is 3.02. The number of hydrogen-bond donors (Lipinski definition) is 1. The maximum atomic E-state index is 14.6. The van der Waals surface area contributed by atoms with Crippen LogP contribution < -0.4 is 5.56 Å². The third-order valence-corrected chi connectivity index (χ3v) is 4.98. The molecule has 1 aromatic carbocycles. The Hall–Kier alpha value is -3.26. The summed E-state index contributed by atoms with van der Waals surface area (Å²) in [5.74, 6) is -1.48. The number of halogens is 1. The van der Waals surface area contributed by atoms with Crippen molar-refractivity contribution in [1.29, 1.82) is 0 Å². The summed E-state index contributed by atoms with van der Waals surface area (Å²) in [7, 11) is 0. The smallest absolute Gasteiger partial charge is 0.339 e. The molecule has 8 heteroatoms. The normalized spacial score (nSPS) is 14.0. The van der Waals surface area contributed by atoms with Crippen LogP contribution in [0.25, 0.3) is 0 Å². The number of rotatable bonds is 6. The summed E-state index contributed by atoms with van der Waals surface area (Å²) in [6.07, 6.45) is 3.16. The first kappa shape index (κ1) is 19.1. The Morgan fingerprint density at radius 3 is 2.69 bits per heavy atom. The molecule has 3 heterocycles. The predicted molar refractivity (Wildman–Crippen MR) is 103 cm³/mol. The van der Waals surface area contributed by atoms with Crippen molar-refractivity contribution in [3.05, 3.63) is 86.8 Å². The fourth-order valence-corrected chi connectivity index (χ4v) is 3.34. The Labute approximate surface area is 166 Å². The number of hydrogen-bond acceptors (Lipinski definition) is 4. The van der Waals surface area contributed by atoms with Crippen LogP contribution in [0.15, 0.2) is 47.5 Å². The molecule has 0 aliphatic carbocycles. The second-order valence-corrected chi connectivity index (χ2v) is 7.26. The maximum Gasteiger partial charge on any atom is 0.339 e. The van der Waals surface area contributed by atoms with Gasteiger partial charge in [0.2, 0.25) is 0 Å². The second kappa shape index (κ2) is 7.63. The zero-order valence-electron chi connectivity index (χ0n) is 15.8. The molecule has 1 aliphatic rings. The third-order valence-electron chi connectivity index (χ3n) is 4.98. The van der Waals surface area contributed by atoms with E-state index in [1.165, 1.54) is 27.6 Å². The highest BCUT2D eigenvalue weighted by Crippen LogP contribution is 2.26. The van der Waals surface area contributed by atoms with Gasteiger partial charge in [-0.3, -0.25) is 9.48 Å². The highest BCUT2D eigenvalue weighted by atomic mass is 19.1. The van der Waals surface area contributed by atoms with Crippen molar-refractivity contribution in [2.75, 3.05) is 13.2 Å². The quantitative estimate of drug-likeness (QED) is 0.690. The molecule has 0 bridgehead atoms. The molecule has 0 radical (unpaired) electrons. The minimum atomic E-state index is -1.04. The molecule has 1 saturated heterocycles. The predicted octanol–water partition coefficient (Wildman–Crippen LogP) is 2.40. The van der Waals surface area contributed by atoms with Crippen molar-refractivity contribution in [2.45, 2.75) is 25.9 Å². The van der Waals surface area contributed by atoms with Crippen molar-refractivity contribution >= 4 is 5.97 Å². The zero-order chi connectivity index (χ0) is 20.5. The maximum absolute atomic E-state index is 14.6. The molecule has 7 nitrogen and oxygen atoms in total. The number of carbonyl (C=O) groups is 1. The lowest BCUT2D eigenvalue weighted by molar-refractivity contribution is 0.00597. The SMILES string of the molecule is Cc1ccc(=O)n(Cc2ccc(Cn3cc(C(=O)O)c(C4COC4)n3)cc2F)c1. The van der Waals surface area contributed by atoms with Gasteiger partial charge in [0.05, 0.1) is 37.9 Å². The number of pyridine rings is 1. The molecule has 0 unspecified atom stereocenters. The summed E-state index contributed by atoms with van der Waals surface area (Å²) in [5.41, 5.74) is 2.43. The van der Waals surface area contributed by atoms with E-state index in [0.29, 0.717) is 30.0 Å². The molecule has 4 rings (SSSR count). The van der Waals surface area contributed by atoms with Crippen LogP contribution in [0.5, 0.6) is 0 Å². The monoisotopic (exact) mass is 397 g/mol. The van der Waals surface area contributed by atoms with Crippen molar-refractivity contribution < 1.29 is 19.0 Å². The number of ether oxygens (including phenoxy) is 1. The minimum Gasteiger partial charge on any atom is -0.478 e. The van der Waals surface area contributed by atoms with E-state index in [9.17, 15) is 19.1 Å². The van der Waals surface area contributed by atoms with Gasteiger partial charge in [-0.25, -0.2) is 9.18 Å². The van der Waals surface area contributed by atoms with E-state index in [4.69, 9.17) is 4.74 Å². The van der Waals surface area contributed by atoms with Gasteiger partial charge in [0, 0.05) is 24.0 Å². The van der Waals surface area contributed by atoms with E-state index >= 15 is 0 Å². The van der Waals surface area contributed by atoms with Crippen molar-refractivity contribution in [3.63, 3.8) is 0 Å². The highest BCUT2D eigenvalue weighted by molar-refractivity contribution is 5.88. The lowest BCUT2D eigenvalue weighted by atomic mass is 10.0. The molecule has 150 valence electrons. The number of carboxylic acid groups (broad SMARTS) is 1. The van der Waals surface area contributed by atoms with Crippen LogP contribution in [0.1, 0.15) is 38.7 Å².